The third-order valence-electron chi connectivity index (χ3n) is 3.03. The molecule has 1 aliphatic rings. The van der Waals surface area contributed by atoms with Crippen LogP contribution in [0.1, 0.15) is 23.2 Å². The molecule has 19 heavy (non-hydrogen) atoms. The number of hydrogen-bond donors (Lipinski definition) is 0. The van der Waals surface area contributed by atoms with Crippen LogP contribution in [0.25, 0.3) is 0 Å². The van der Waals surface area contributed by atoms with Crippen LogP contribution in [0.5, 0.6) is 5.75 Å². The summed E-state index contributed by atoms with van der Waals surface area (Å²) in [6.07, 6.45) is 2.34. The maximum Gasteiger partial charge on any atom is 0.253 e. The van der Waals surface area contributed by atoms with E-state index in [0.29, 0.717) is 12.2 Å². The largest absolute Gasteiger partial charge is 0.490 e. The highest BCUT2D eigenvalue weighted by Crippen LogP contribution is 2.27. The molecule has 5 heteroatoms. The highest BCUT2D eigenvalue weighted by atomic mass is 79.9. The van der Waals surface area contributed by atoms with E-state index < -0.39 is 0 Å². The molecular formula is C14H18BrNO3. The van der Waals surface area contributed by atoms with Gasteiger partial charge in [0.15, 0.2) is 0 Å². The number of carbonyl (C=O) groups is 1. The van der Waals surface area contributed by atoms with Crippen LogP contribution in [0.15, 0.2) is 22.7 Å². The van der Waals surface area contributed by atoms with E-state index in [1.165, 1.54) is 0 Å². The summed E-state index contributed by atoms with van der Waals surface area (Å²) in [6.45, 7) is 1.38. The molecule has 0 aliphatic carbocycles. The van der Waals surface area contributed by atoms with Crippen molar-refractivity contribution in [1.29, 1.82) is 0 Å². The van der Waals surface area contributed by atoms with Crippen molar-refractivity contribution in [3.8, 4) is 5.75 Å². The zero-order chi connectivity index (χ0) is 13.8. The van der Waals surface area contributed by atoms with Gasteiger partial charge in [0.05, 0.1) is 10.6 Å². The fraction of sp³-hybridized carbons (Fsp3) is 0.500. The molecule has 0 saturated carbocycles. The normalized spacial score (nSPS) is 18.4. The summed E-state index contributed by atoms with van der Waals surface area (Å²) < 4.78 is 12.0. The van der Waals surface area contributed by atoms with Crippen LogP contribution in [0, 0.1) is 0 Å². The van der Waals surface area contributed by atoms with Gasteiger partial charge in [-0.15, -0.1) is 0 Å². The number of nitrogens with zero attached hydrogens (tertiary/aromatic N) is 1. The van der Waals surface area contributed by atoms with E-state index in [4.69, 9.17) is 9.47 Å². The molecule has 2 rings (SSSR count). The van der Waals surface area contributed by atoms with Gasteiger partial charge in [0, 0.05) is 26.3 Å². The van der Waals surface area contributed by atoms with Crippen LogP contribution in [0.4, 0.5) is 0 Å². The number of ether oxygens (including phenoxy) is 2. The lowest BCUT2D eigenvalue weighted by Crippen LogP contribution is -2.21. The molecule has 0 spiro atoms. The number of hydrogen-bond acceptors (Lipinski definition) is 3. The quantitative estimate of drug-likeness (QED) is 0.853. The van der Waals surface area contributed by atoms with Gasteiger partial charge in [-0.05, 0) is 47.0 Å². The van der Waals surface area contributed by atoms with Crippen molar-refractivity contribution in [1.82, 2.24) is 4.90 Å². The van der Waals surface area contributed by atoms with E-state index in [-0.39, 0.29) is 12.0 Å². The number of amides is 1. The average molecular weight is 328 g/mol. The summed E-state index contributed by atoms with van der Waals surface area (Å²) in [5, 5.41) is 0. The first-order chi connectivity index (χ1) is 9.08. The molecule has 0 N–H and O–H groups in total. The Bertz CT molecular complexity index is 456. The number of rotatable bonds is 4. The van der Waals surface area contributed by atoms with Crippen molar-refractivity contribution in [2.75, 3.05) is 27.3 Å². The first-order valence-corrected chi connectivity index (χ1v) is 7.13. The molecule has 1 unspecified atom stereocenters. The molecule has 0 aromatic heterocycles. The third kappa shape index (κ3) is 3.70. The minimum absolute atomic E-state index is 0.0219. The Balaban J connectivity index is 2.00. The highest BCUT2D eigenvalue weighted by molar-refractivity contribution is 9.10. The summed E-state index contributed by atoms with van der Waals surface area (Å²) in [5.41, 5.74) is 0.640. The molecule has 1 atom stereocenters. The lowest BCUT2D eigenvalue weighted by Gasteiger charge is -2.14. The van der Waals surface area contributed by atoms with Crippen molar-refractivity contribution in [2.45, 2.75) is 18.9 Å². The molecule has 0 radical (unpaired) electrons. The van der Waals surface area contributed by atoms with Gasteiger partial charge in [-0.2, -0.15) is 0 Å². The van der Waals surface area contributed by atoms with Crippen LogP contribution in [-0.4, -0.2) is 44.2 Å². The van der Waals surface area contributed by atoms with Crippen molar-refractivity contribution >= 4 is 21.8 Å². The lowest BCUT2D eigenvalue weighted by molar-refractivity contribution is 0.0676. The molecule has 1 amide bonds. The van der Waals surface area contributed by atoms with E-state index in [9.17, 15) is 4.79 Å². The lowest BCUT2D eigenvalue weighted by atomic mass is 10.2. The van der Waals surface area contributed by atoms with Crippen LogP contribution in [0.2, 0.25) is 0 Å². The second kappa shape index (κ2) is 6.39. The Hall–Kier alpha value is -1.07. The maximum absolute atomic E-state index is 11.8. The van der Waals surface area contributed by atoms with Gasteiger partial charge in [-0.1, -0.05) is 0 Å². The fourth-order valence-corrected chi connectivity index (χ4v) is 2.46. The monoisotopic (exact) mass is 327 g/mol. The zero-order valence-corrected chi connectivity index (χ0v) is 12.8. The standard InChI is InChI=1S/C14H18BrNO3/c1-16(2)14(17)10-5-6-13(12(15)8-10)19-9-11-4-3-7-18-11/h5-6,8,11H,3-4,7,9H2,1-2H3. The molecule has 1 aromatic rings. The van der Waals surface area contributed by atoms with Crippen LogP contribution in [-0.2, 0) is 4.74 Å². The molecule has 1 aromatic carbocycles. The summed E-state index contributed by atoms with van der Waals surface area (Å²) in [4.78, 5) is 13.4. The second-order valence-corrected chi connectivity index (χ2v) is 5.65. The summed E-state index contributed by atoms with van der Waals surface area (Å²) >= 11 is 3.44. The fourth-order valence-electron chi connectivity index (χ4n) is 1.97. The average Bonchev–Trinajstić information content (AvgIpc) is 2.89. The molecule has 0 bridgehead atoms. The van der Waals surface area contributed by atoms with Crippen molar-refractivity contribution in [2.24, 2.45) is 0 Å². The van der Waals surface area contributed by atoms with E-state index in [1.54, 1.807) is 31.1 Å². The van der Waals surface area contributed by atoms with Gasteiger partial charge in [-0.25, -0.2) is 0 Å². The predicted molar refractivity (Wildman–Crippen MR) is 76.6 cm³/mol. The van der Waals surface area contributed by atoms with Crippen LogP contribution < -0.4 is 4.74 Å². The van der Waals surface area contributed by atoms with E-state index in [2.05, 4.69) is 15.9 Å². The summed E-state index contributed by atoms with van der Waals surface area (Å²) in [7, 11) is 3.47. The first kappa shape index (κ1) is 14.3. The topological polar surface area (TPSA) is 38.8 Å². The Labute approximate surface area is 121 Å². The molecule has 1 fully saturated rings. The molecule has 1 aliphatic heterocycles. The highest BCUT2D eigenvalue weighted by Gasteiger charge is 2.17. The van der Waals surface area contributed by atoms with E-state index in [1.807, 2.05) is 6.07 Å². The Morgan fingerprint density at radius 3 is 2.89 bits per heavy atom. The van der Waals surface area contributed by atoms with Crippen LogP contribution in [0.3, 0.4) is 0 Å². The first-order valence-electron chi connectivity index (χ1n) is 6.33. The number of halogens is 1. The van der Waals surface area contributed by atoms with Gasteiger partial charge in [0.25, 0.3) is 5.91 Å². The number of carbonyl (C=O) groups excluding carboxylic acids is 1. The van der Waals surface area contributed by atoms with Crippen molar-refractivity contribution in [3.63, 3.8) is 0 Å². The minimum Gasteiger partial charge on any atom is -0.490 e. The molecule has 104 valence electrons. The Morgan fingerprint density at radius 2 is 2.32 bits per heavy atom. The van der Waals surface area contributed by atoms with E-state index in [0.717, 1.165) is 29.7 Å². The van der Waals surface area contributed by atoms with Gasteiger partial charge in [0.1, 0.15) is 12.4 Å². The van der Waals surface area contributed by atoms with E-state index >= 15 is 0 Å². The maximum atomic E-state index is 11.8. The Kier molecular flexibility index (Phi) is 4.82. The van der Waals surface area contributed by atoms with Gasteiger partial charge >= 0.3 is 0 Å². The van der Waals surface area contributed by atoms with Crippen LogP contribution >= 0.6 is 15.9 Å². The Morgan fingerprint density at radius 1 is 1.53 bits per heavy atom. The molecule has 1 saturated heterocycles. The molecule has 1 heterocycles. The summed E-state index contributed by atoms with van der Waals surface area (Å²) in [6, 6.07) is 5.38. The van der Waals surface area contributed by atoms with Crippen molar-refractivity contribution in [3.05, 3.63) is 28.2 Å². The van der Waals surface area contributed by atoms with Crippen molar-refractivity contribution < 1.29 is 14.3 Å². The summed E-state index contributed by atoms with van der Waals surface area (Å²) in [5.74, 6) is 0.720. The van der Waals surface area contributed by atoms with Gasteiger partial charge in [-0.3, -0.25) is 4.79 Å². The van der Waals surface area contributed by atoms with Gasteiger partial charge < -0.3 is 14.4 Å². The minimum atomic E-state index is -0.0219. The second-order valence-electron chi connectivity index (χ2n) is 4.79. The molecular weight excluding hydrogens is 310 g/mol. The van der Waals surface area contributed by atoms with Gasteiger partial charge in [0.2, 0.25) is 0 Å². The third-order valence-corrected chi connectivity index (χ3v) is 3.65. The smallest absolute Gasteiger partial charge is 0.253 e. The predicted octanol–water partition coefficient (Wildman–Crippen LogP) is 2.71. The zero-order valence-electron chi connectivity index (χ0n) is 11.2. The number of benzene rings is 1. The SMILES string of the molecule is CN(C)C(=O)c1ccc(OCC2CCCO2)c(Br)c1. The molecule has 4 nitrogen and oxygen atoms in total.